The second-order valence-electron chi connectivity index (χ2n) is 7.61. The predicted molar refractivity (Wildman–Crippen MR) is 136 cm³/mol. The highest BCUT2D eigenvalue weighted by molar-refractivity contribution is 6.30. The van der Waals surface area contributed by atoms with E-state index in [-0.39, 0.29) is 5.57 Å². The fourth-order valence-electron chi connectivity index (χ4n) is 3.36. The number of hydrogen-bond acceptors (Lipinski definition) is 4. The van der Waals surface area contributed by atoms with Crippen molar-refractivity contribution in [2.45, 2.75) is 20.0 Å². The number of carbonyl (C=O) groups excluding carboxylic acids is 1. The van der Waals surface area contributed by atoms with Crippen molar-refractivity contribution in [3.8, 4) is 17.6 Å². The highest BCUT2D eigenvalue weighted by Gasteiger charge is 2.15. The maximum Gasteiger partial charge on any atom is 0.266 e. The van der Waals surface area contributed by atoms with Gasteiger partial charge in [-0.25, -0.2) is 0 Å². The number of nitrogens with one attached hydrogen (secondary N) is 1. The lowest BCUT2D eigenvalue weighted by Gasteiger charge is -2.16. The van der Waals surface area contributed by atoms with E-state index in [0.29, 0.717) is 40.8 Å². The van der Waals surface area contributed by atoms with E-state index in [1.54, 1.807) is 37.5 Å². The number of carbonyl (C=O) groups is 1. The summed E-state index contributed by atoms with van der Waals surface area (Å²) >= 11 is 5.96. The number of anilines is 1. The first kappa shape index (κ1) is 24.6. The highest BCUT2D eigenvalue weighted by Crippen LogP contribution is 2.35. The third-order valence-corrected chi connectivity index (χ3v) is 5.24. The van der Waals surface area contributed by atoms with Crippen molar-refractivity contribution in [2.24, 2.45) is 0 Å². The van der Waals surface area contributed by atoms with Gasteiger partial charge in [-0.1, -0.05) is 41.9 Å². The van der Waals surface area contributed by atoms with Crippen LogP contribution in [0.1, 0.15) is 22.3 Å². The smallest absolute Gasteiger partial charge is 0.266 e. The number of ether oxygens (including phenoxy) is 2. The van der Waals surface area contributed by atoms with Gasteiger partial charge in [0.2, 0.25) is 0 Å². The number of methoxy groups -OCH3 is 1. The molecule has 0 saturated heterocycles. The molecular formula is C28H25ClN2O3. The van der Waals surface area contributed by atoms with Crippen LogP contribution in [-0.4, -0.2) is 13.0 Å². The van der Waals surface area contributed by atoms with Gasteiger partial charge in [-0.3, -0.25) is 4.79 Å². The Labute approximate surface area is 204 Å². The van der Waals surface area contributed by atoms with Gasteiger partial charge in [-0.15, -0.1) is 6.58 Å². The first-order chi connectivity index (χ1) is 16.4. The molecule has 0 heterocycles. The zero-order valence-electron chi connectivity index (χ0n) is 19.1. The minimum atomic E-state index is -0.486. The second-order valence-corrected chi connectivity index (χ2v) is 8.05. The van der Waals surface area contributed by atoms with E-state index in [1.807, 2.05) is 49.4 Å². The zero-order valence-corrected chi connectivity index (χ0v) is 19.9. The summed E-state index contributed by atoms with van der Waals surface area (Å²) in [6, 6.07) is 20.4. The van der Waals surface area contributed by atoms with Gasteiger partial charge in [-0.2, -0.15) is 5.26 Å². The fraction of sp³-hybridized carbons (Fsp3) is 0.143. The van der Waals surface area contributed by atoms with E-state index in [1.165, 1.54) is 6.08 Å². The van der Waals surface area contributed by atoms with Gasteiger partial charge in [0.15, 0.2) is 11.5 Å². The number of rotatable bonds is 9. The average molecular weight is 473 g/mol. The number of amides is 1. The summed E-state index contributed by atoms with van der Waals surface area (Å²) in [4.78, 5) is 12.7. The minimum Gasteiger partial charge on any atom is -0.493 e. The van der Waals surface area contributed by atoms with E-state index in [9.17, 15) is 10.1 Å². The quantitative estimate of drug-likeness (QED) is 0.219. The summed E-state index contributed by atoms with van der Waals surface area (Å²) in [5, 5.41) is 13.0. The van der Waals surface area contributed by atoms with Crippen molar-refractivity contribution >= 4 is 29.3 Å². The van der Waals surface area contributed by atoms with E-state index >= 15 is 0 Å². The number of halogens is 1. The first-order valence-corrected chi connectivity index (χ1v) is 11.0. The van der Waals surface area contributed by atoms with E-state index < -0.39 is 5.91 Å². The van der Waals surface area contributed by atoms with Gasteiger partial charge in [0.1, 0.15) is 18.2 Å². The molecular weight excluding hydrogens is 448 g/mol. The van der Waals surface area contributed by atoms with E-state index in [2.05, 4.69) is 11.9 Å². The van der Waals surface area contributed by atoms with Crippen LogP contribution in [-0.2, 0) is 17.8 Å². The van der Waals surface area contributed by atoms with Crippen LogP contribution in [0.2, 0.25) is 5.02 Å². The molecule has 3 aromatic rings. The zero-order chi connectivity index (χ0) is 24.5. The summed E-state index contributed by atoms with van der Waals surface area (Å²) in [6.45, 7) is 6.09. The largest absolute Gasteiger partial charge is 0.493 e. The van der Waals surface area contributed by atoms with Crippen LogP contribution in [0.3, 0.4) is 0 Å². The summed E-state index contributed by atoms with van der Waals surface area (Å²) in [5.74, 6) is 0.591. The second kappa shape index (κ2) is 11.7. The molecule has 0 bridgehead atoms. The van der Waals surface area contributed by atoms with Crippen LogP contribution in [0.4, 0.5) is 5.69 Å². The van der Waals surface area contributed by atoms with Crippen molar-refractivity contribution in [1.29, 1.82) is 5.26 Å². The molecule has 34 heavy (non-hydrogen) atoms. The van der Waals surface area contributed by atoms with Gasteiger partial charge in [0, 0.05) is 16.3 Å². The molecule has 1 amide bonds. The Morgan fingerprint density at radius 2 is 1.94 bits per heavy atom. The summed E-state index contributed by atoms with van der Waals surface area (Å²) in [7, 11) is 1.55. The molecule has 0 aromatic heterocycles. The molecule has 0 radical (unpaired) electrons. The molecule has 5 nitrogen and oxygen atoms in total. The number of allylic oxidation sites excluding steroid dienone is 1. The SMILES string of the molecule is C=CCc1cc(/C=C(/C#N)C(=O)Nc2cccc(C)c2)cc(OC)c1OCc1ccc(Cl)cc1. The third kappa shape index (κ3) is 6.50. The molecule has 0 unspecified atom stereocenters. The number of nitriles is 1. The Morgan fingerprint density at radius 1 is 1.18 bits per heavy atom. The standard InChI is InChI=1S/C28H25ClN2O3/c1-4-6-22-14-21(15-23(17-30)28(32)31-25-8-5-7-19(2)13-25)16-26(33-3)27(22)34-18-20-9-11-24(29)12-10-20/h4-5,7-16H,1,6,18H2,2-3H3,(H,31,32)/b23-15-. The fourth-order valence-corrected chi connectivity index (χ4v) is 3.49. The summed E-state index contributed by atoms with van der Waals surface area (Å²) in [5.41, 5.74) is 4.03. The lowest BCUT2D eigenvalue weighted by atomic mass is 10.0. The van der Waals surface area contributed by atoms with Crippen LogP contribution in [0.25, 0.3) is 6.08 Å². The molecule has 0 saturated carbocycles. The van der Waals surface area contributed by atoms with Gasteiger partial charge in [0.25, 0.3) is 5.91 Å². The molecule has 6 heteroatoms. The van der Waals surface area contributed by atoms with Gasteiger partial charge < -0.3 is 14.8 Å². The van der Waals surface area contributed by atoms with Crippen LogP contribution in [0.5, 0.6) is 11.5 Å². The van der Waals surface area contributed by atoms with Crippen molar-refractivity contribution in [1.82, 2.24) is 0 Å². The monoisotopic (exact) mass is 472 g/mol. The number of hydrogen-bond donors (Lipinski definition) is 1. The molecule has 0 aliphatic carbocycles. The van der Waals surface area contributed by atoms with Gasteiger partial charge in [-0.05, 0) is 72.5 Å². The van der Waals surface area contributed by atoms with Gasteiger partial charge >= 0.3 is 0 Å². The number of benzene rings is 3. The van der Waals surface area contributed by atoms with Crippen molar-refractivity contribution in [2.75, 3.05) is 12.4 Å². The molecule has 0 spiro atoms. The minimum absolute atomic E-state index is 0.0251. The van der Waals surface area contributed by atoms with Crippen LogP contribution >= 0.6 is 11.6 Å². The van der Waals surface area contributed by atoms with Crippen LogP contribution in [0.15, 0.2) is 78.9 Å². The molecule has 0 aliphatic heterocycles. The average Bonchev–Trinajstić information content (AvgIpc) is 2.82. The van der Waals surface area contributed by atoms with Gasteiger partial charge in [0.05, 0.1) is 7.11 Å². The Hall–Kier alpha value is -4.01. The van der Waals surface area contributed by atoms with Crippen LogP contribution < -0.4 is 14.8 Å². The third-order valence-electron chi connectivity index (χ3n) is 4.99. The van der Waals surface area contributed by atoms with Crippen molar-refractivity contribution < 1.29 is 14.3 Å². The Bertz CT molecular complexity index is 1260. The predicted octanol–water partition coefficient (Wildman–Crippen LogP) is 6.51. The molecule has 3 rings (SSSR count). The molecule has 1 N–H and O–H groups in total. The van der Waals surface area contributed by atoms with Crippen LogP contribution in [0, 0.1) is 18.3 Å². The molecule has 172 valence electrons. The Morgan fingerprint density at radius 3 is 2.59 bits per heavy atom. The van der Waals surface area contributed by atoms with E-state index in [4.69, 9.17) is 21.1 Å². The number of nitrogens with zero attached hydrogens (tertiary/aromatic N) is 1. The first-order valence-electron chi connectivity index (χ1n) is 10.6. The molecule has 0 aliphatic rings. The maximum absolute atomic E-state index is 12.7. The lowest BCUT2D eigenvalue weighted by Crippen LogP contribution is -2.13. The highest BCUT2D eigenvalue weighted by atomic mass is 35.5. The Balaban J connectivity index is 1.89. The molecule has 0 fully saturated rings. The summed E-state index contributed by atoms with van der Waals surface area (Å²) < 4.78 is 11.7. The molecule has 3 aromatic carbocycles. The topological polar surface area (TPSA) is 71.4 Å². The molecule has 0 atom stereocenters. The normalized spacial score (nSPS) is 10.8. The summed E-state index contributed by atoms with van der Waals surface area (Å²) in [6.07, 6.45) is 3.81. The number of aryl methyl sites for hydroxylation is 1. The van der Waals surface area contributed by atoms with Crippen molar-refractivity contribution in [3.05, 3.63) is 106 Å². The van der Waals surface area contributed by atoms with E-state index in [0.717, 1.165) is 16.7 Å². The van der Waals surface area contributed by atoms with Crippen molar-refractivity contribution in [3.63, 3.8) is 0 Å². The maximum atomic E-state index is 12.7. The lowest BCUT2D eigenvalue weighted by molar-refractivity contribution is -0.112. The Kier molecular flexibility index (Phi) is 8.50.